The Hall–Kier alpha value is -2.99. The second-order valence-electron chi connectivity index (χ2n) is 7.51. The van der Waals surface area contributed by atoms with Crippen molar-refractivity contribution >= 4 is 15.9 Å². The highest BCUT2D eigenvalue weighted by Gasteiger charge is 2.32. The average molecular weight is 484 g/mol. The van der Waals surface area contributed by atoms with Gasteiger partial charge in [-0.15, -0.1) is 10.2 Å². The Morgan fingerprint density at radius 2 is 1.79 bits per heavy atom. The van der Waals surface area contributed by atoms with E-state index in [1.54, 1.807) is 0 Å². The zero-order valence-corrected chi connectivity index (χ0v) is 18.1. The smallest absolute Gasteiger partial charge is 0.314 e. The molecule has 3 aromatic rings. The van der Waals surface area contributed by atoms with Crippen LogP contribution in [-0.4, -0.2) is 36.0 Å². The number of anilines is 1. The van der Waals surface area contributed by atoms with Crippen molar-refractivity contribution < 1.29 is 30.4 Å². The molecule has 0 spiro atoms. The van der Waals surface area contributed by atoms with E-state index >= 15 is 0 Å². The number of hydrogen-bond acceptors (Lipinski definition) is 5. The van der Waals surface area contributed by atoms with Crippen LogP contribution in [0.5, 0.6) is 0 Å². The summed E-state index contributed by atoms with van der Waals surface area (Å²) in [4.78, 5) is 0. The molecule has 7 nitrogen and oxygen atoms in total. The van der Waals surface area contributed by atoms with Gasteiger partial charge in [0.25, 0.3) is 5.89 Å². The number of piperidine rings is 1. The third-order valence-corrected chi connectivity index (χ3v) is 7.17. The third kappa shape index (κ3) is 5.01. The van der Waals surface area contributed by atoms with Gasteiger partial charge < -0.3 is 4.42 Å². The Morgan fingerprint density at radius 3 is 2.42 bits per heavy atom. The second kappa shape index (κ2) is 9.48. The minimum absolute atomic E-state index is 0.00260. The van der Waals surface area contributed by atoms with Crippen molar-refractivity contribution in [1.29, 1.82) is 0 Å². The maximum absolute atomic E-state index is 14.9. The van der Waals surface area contributed by atoms with Crippen molar-refractivity contribution in [2.75, 3.05) is 17.4 Å². The summed E-state index contributed by atoms with van der Waals surface area (Å²) in [5, 5.41) is 6.69. The van der Waals surface area contributed by atoms with E-state index in [4.69, 9.17) is 4.42 Å². The van der Waals surface area contributed by atoms with Crippen molar-refractivity contribution in [3.05, 3.63) is 65.6 Å². The molecule has 1 saturated heterocycles. The van der Waals surface area contributed by atoms with Gasteiger partial charge in [0.1, 0.15) is 11.6 Å². The van der Waals surface area contributed by atoms with Gasteiger partial charge in [0.2, 0.25) is 5.89 Å². The molecule has 0 unspecified atom stereocenters. The summed E-state index contributed by atoms with van der Waals surface area (Å²) >= 11 is 0. The first kappa shape index (κ1) is 23.2. The molecule has 2 heterocycles. The second-order valence-corrected chi connectivity index (χ2v) is 9.36. The predicted octanol–water partition coefficient (Wildman–Crippen LogP) is 4.69. The zero-order valence-electron chi connectivity index (χ0n) is 17.3. The van der Waals surface area contributed by atoms with Gasteiger partial charge >= 0.3 is 16.6 Å². The topological polar surface area (TPSA) is 79.5 Å². The highest BCUT2D eigenvalue weighted by Crippen LogP contribution is 2.29. The quantitative estimate of drug-likeness (QED) is 0.455. The lowest BCUT2D eigenvalue weighted by molar-refractivity contribution is 0.116. The molecule has 0 bridgehead atoms. The first-order chi connectivity index (χ1) is 15.8. The molecule has 12 heteroatoms. The largest absolute Gasteiger partial charge is 0.415 e. The molecular formula is C21H20F4N4O3S. The van der Waals surface area contributed by atoms with Crippen LogP contribution in [0.15, 0.2) is 46.9 Å². The number of alkyl halides is 2. The number of hydrogen-bond donors (Lipinski definition) is 0. The lowest BCUT2D eigenvalue weighted by Gasteiger charge is -2.33. The van der Waals surface area contributed by atoms with Gasteiger partial charge in [0, 0.05) is 24.2 Å². The Bertz CT molecular complexity index is 1230. The number of benzene rings is 2. The highest BCUT2D eigenvalue weighted by molar-refractivity contribution is 7.90. The van der Waals surface area contributed by atoms with Crippen molar-refractivity contribution in [3.8, 4) is 11.5 Å². The van der Waals surface area contributed by atoms with Crippen LogP contribution in [0.3, 0.4) is 0 Å². The SMILES string of the molecule is O=S(=O)(N1CCCCC1)N(Cc1ccc(-c2nnc(C(F)F)o2)cc1F)c1cccc(F)c1. The lowest BCUT2D eigenvalue weighted by atomic mass is 10.1. The molecule has 0 aliphatic carbocycles. The van der Waals surface area contributed by atoms with E-state index in [1.807, 2.05) is 0 Å². The summed E-state index contributed by atoms with van der Waals surface area (Å²) in [5.74, 6) is -2.62. The van der Waals surface area contributed by atoms with Crippen molar-refractivity contribution in [3.63, 3.8) is 0 Å². The first-order valence-electron chi connectivity index (χ1n) is 10.2. The molecule has 1 aromatic heterocycles. The normalized spacial score (nSPS) is 15.2. The van der Waals surface area contributed by atoms with E-state index in [2.05, 4.69) is 10.2 Å². The van der Waals surface area contributed by atoms with E-state index in [0.717, 1.165) is 22.9 Å². The van der Waals surface area contributed by atoms with Crippen LogP contribution < -0.4 is 4.31 Å². The number of halogens is 4. The molecule has 4 rings (SSSR count). The standard InChI is InChI=1S/C21H20F4N4O3S/c22-16-5-4-6-17(12-16)29(33(30,31)28-9-2-1-3-10-28)13-15-8-7-14(11-18(15)23)20-26-27-21(32-20)19(24)25/h4-8,11-12,19H,1-3,9-10,13H2. The van der Waals surface area contributed by atoms with Crippen LogP contribution in [0.4, 0.5) is 23.2 Å². The maximum atomic E-state index is 14.9. The van der Waals surface area contributed by atoms with Crippen LogP contribution in [0.2, 0.25) is 0 Å². The summed E-state index contributed by atoms with van der Waals surface area (Å²) in [5.41, 5.74) is 0.117. The van der Waals surface area contributed by atoms with Gasteiger partial charge in [-0.3, -0.25) is 4.31 Å². The van der Waals surface area contributed by atoms with E-state index in [-0.39, 0.29) is 22.7 Å². The van der Waals surface area contributed by atoms with Crippen molar-refractivity contribution in [2.24, 2.45) is 0 Å². The molecule has 1 aliphatic rings. The van der Waals surface area contributed by atoms with Gasteiger partial charge in [0.05, 0.1) is 12.2 Å². The summed E-state index contributed by atoms with van der Waals surface area (Å²) in [6.45, 7) is 0.235. The fraction of sp³-hybridized carbons (Fsp3) is 0.333. The molecule has 0 saturated carbocycles. The monoisotopic (exact) mass is 484 g/mol. The Balaban J connectivity index is 1.67. The third-order valence-electron chi connectivity index (χ3n) is 5.26. The molecule has 0 radical (unpaired) electrons. The zero-order chi connectivity index (χ0) is 23.6. The molecule has 0 atom stereocenters. The number of aromatic nitrogens is 2. The molecule has 176 valence electrons. The van der Waals surface area contributed by atoms with E-state index in [9.17, 15) is 26.0 Å². The molecule has 0 amide bonds. The van der Waals surface area contributed by atoms with Crippen LogP contribution in [0.25, 0.3) is 11.5 Å². The minimum Gasteiger partial charge on any atom is -0.415 e. The van der Waals surface area contributed by atoms with Gasteiger partial charge in [-0.1, -0.05) is 18.6 Å². The maximum Gasteiger partial charge on any atom is 0.314 e. The lowest BCUT2D eigenvalue weighted by Crippen LogP contribution is -2.46. The number of nitrogens with zero attached hydrogens (tertiary/aromatic N) is 4. The molecule has 1 fully saturated rings. The van der Waals surface area contributed by atoms with Crippen LogP contribution in [0, 0.1) is 11.6 Å². The van der Waals surface area contributed by atoms with Crippen LogP contribution in [0.1, 0.15) is 37.1 Å². The van der Waals surface area contributed by atoms with Gasteiger partial charge in [-0.25, -0.2) is 8.78 Å². The Labute approximate surface area is 187 Å². The number of rotatable bonds is 7. The van der Waals surface area contributed by atoms with Gasteiger partial charge in [-0.2, -0.15) is 21.5 Å². The Kier molecular flexibility index (Phi) is 6.66. The fourth-order valence-electron chi connectivity index (χ4n) is 3.58. The van der Waals surface area contributed by atoms with Gasteiger partial charge in [0.15, 0.2) is 0 Å². The molecule has 33 heavy (non-hydrogen) atoms. The summed E-state index contributed by atoms with van der Waals surface area (Å²) in [7, 11) is -4.07. The van der Waals surface area contributed by atoms with E-state index < -0.39 is 40.7 Å². The minimum atomic E-state index is -4.07. The summed E-state index contributed by atoms with van der Waals surface area (Å²) in [6.07, 6.45) is -0.658. The summed E-state index contributed by atoms with van der Waals surface area (Å²) < 4.78 is 88.0. The van der Waals surface area contributed by atoms with Crippen molar-refractivity contribution in [1.82, 2.24) is 14.5 Å². The molecule has 1 aliphatic heterocycles. The highest BCUT2D eigenvalue weighted by atomic mass is 32.2. The van der Waals surface area contributed by atoms with Gasteiger partial charge in [-0.05, 0) is 43.2 Å². The van der Waals surface area contributed by atoms with Crippen LogP contribution in [-0.2, 0) is 16.8 Å². The van der Waals surface area contributed by atoms with Crippen LogP contribution >= 0.6 is 0 Å². The van der Waals surface area contributed by atoms with E-state index in [0.29, 0.717) is 25.9 Å². The Morgan fingerprint density at radius 1 is 1.03 bits per heavy atom. The molecule has 2 aromatic carbocycles. The van der Waals surface area contributed by atoms with Crippen molar-refractivity contribution in [2.45, 2.75) is 32.2 Å². The average Bonchev–Trinajstić information content (AvgIpc) is 3.29. The fourth-order valence-corrected chi connectivity index (χ4v) is 5.26. The summed E-state index contributed by atoms with van der Waals surface area (Å²) in [6, 6.07) is 8.71. The molecular weight excluding hydrogens is 464 g/mol. The first-order valence-corrected chi connectivity index (χ1v) is 11.6. The predicted molar refractivity (Wildman–Crippen MR) is 112 cm³/mol. The van der Waals surface area contributed by atoms with E-state index in [1.165, 1.54) is 34.6 Å². The molecule has 0 N–H and O–H groups in total.